The van der Waals surface area contributed by atoms with Gasteiger partial charge in [-0.25, -0.2) is 24.9 Å². The molecule has 0 aliphatic heterocycles. The molecule has 5 aromatic rings. The van der Waals surface area contributed by atoms with Crippen LogP contribution in [-0.2, 0) is 14.8 Å². The van der Waals surface area contributed by atoms with Crippen molar-refractivity contribution < 1.29 is 18.3 Å². The van der Waals surface area contributed by atoms with E-state index in [-0.39, 0.29) is 32.3 Å². The van der Waals surface area contributed by atoms with Crippen LogP contribution in [0.5, 0.6) is 0 Å². The highest BCUT2D eigenvalue weighted by atomic mass is 79.9. The van der Waals surface area contributed by atoms with Crippen LogP contribution in [-0.4, -0.2) is 50.5 Å². The molecule has 3 heterocycles. The molecule has 40 heavy (non-hydrogen) atoms. The topological polar surface area (TPSA) is 160 Å². The van der Waals surface area contributed by atoms with Crippen molar-refractivity contribution in [3.8, 4) is 5.82 Å². The molecular formula is C24H17BrCl2N8O4S. The molecule has 0 aliphatic rings. The Hall–Kier alpha value is -3.98. The van der Waals surface area contributed by atoms with Gasteiger partial charge in [-0.15, -0.1) is 0 Å². The van der Waals surface area contributed by atoms with E-state index in [0.717, 1.165) is 9.42 Å². The number of carboxylic acids is 1. The van der Waals surface area contributed by atoms with E-state index in [1.54, 1.807) is 29.0 Å². The Morgan fingerprint density at radius 3 is 2.35 bits per heavy atom. The average Bonchev–Trinajstić information content (AvgIpc) is 3.32. The third-order valence-corrected chi connectivity index (χ3v) is 8.08. The summed E-state index contributed by atoms with van der Waals surface area (Å²) in [5.74, 6) is -0.605. The molecule has 12 nitrogen and oxygen atoms in total. The molecule has 0 atom stereocenters. The zero-order valence-electron chi connectivity index (χ0n) is 20.1. The van der Waals surface area contributed by atoms with E-state index >= 15 is 0 Å². The molecule has 0 saturated carbocycles. The molecule has 0 unspecified atom stereocenters. The van der Waals surface area contributed by atoms with Crippen LogP contribution in [0.4, 0.5) is 17.3 Å². The number of aliphatic carboxylic acids is 1. The number of carbonyl (C=O) groups is 1. The van der Waals surface area contributed by atoms with E-state index < -0.39 is 22.5 Å². The zero-order chi connectivity index (χ0) is 28.6. The highest BCUT2D eigenvalue weighted by Crippen LogP contribution is 2.33. The van der Waals surface area contributed by atoms with Crippen LogP contribution >= 0.6 is 39.1 Å². The summed E-state index contributed by atoms with van der Waals surface area (Å²) in [5, 5.41) is 11.5. The molecular weight excluding hydrogens is 647 g/mol. The standard InChI is InChI=1S/C24H17BrCl2N8O4S/c25-20-9-31-23(12-29-20)34(13-24(36)37)35(40(38,39)18-7-15(26)6-16(27)8-18)17-1-2-19-14(5-17)3-4-33(19)22-11-30-21(28)10-32-22/h1-12H,13H2,(H2,28,30)(H,36,37). The molecule has 0 aliphatic carbocycles. The normalized spacial score (nSPS) is 11.5. The van der Waals surface area contributed by atoms with Gasteiger partial charge in [0.2, 0.25) is 0 Å². The van der Waals surface area contributed by atoms with E-state index in [0.29, 0.717) is 21.3 Å². The Morgan fingerprint density at radius 1 is 0.975 bits per heavy atom. The summed E-state index contributed by atoms with van der Waals surface area (Å²) in [6, 6.07) is 10.3. The van der Waals surface area contributed by atoms with Gasteiger partial charge in [0.15, 0.2) is 11.6 Å². The maximum atomic E-state index is 14.2. The Labute approximate surface area is 245 Å². The van der Waals surface area contributed by atoms with E-state index in [1.807, 2.05) is 0 Å². The summed E-state index contributed by atoms with van der Waals surface area (Å²) in [6.45, 7) is -0.774. The van der Waals surface area contributed by atoms with Crippen LogP contribution in [0.3, 0.4) is 0 Å². The van der Waals surface area contributed by atoms with Gasteiger partial charge in [-0.1, -0.05) is 23.2 Å². The van der Waals surface area contributed by atoms with Gasteiger partial charge in [-0.05, 0) is 58.4 Å². The number of halogens is 3. The Morgan fingerprint density at radius 2 is 1.73 bits per heavy atom. The van der Waals surface area contributed by atoms with Crippen LogP contribution in [0.2, 0.25) is 10.0 Å². The summed E-state index contributed by atoms with van der Waals surface area (Å²) in [4.78, 5) is 28.3. The molecule has 0 bridgehead atoms. The molecule has 3 N–H and O–H groups in total. The molecule has 0 fully saturated rings. The van der Waals surface area contributed by atoms with Crippen LogP contribution in [0.15, 0.2) is 82.9 Å². The number of rotatable bonds is 8. The van der Waals surface area contributed by atoms with Gasteiger partial charge in [0.1, 0.15) is 17.0 Å². The van der Waals surface area contributed by atoms with Crippen LogP contribution in [0, 0.1) is 0 Å². The molecule has 3 aromatic heterocycles. The third-order valence-electron chi connectivity index (χ3n) is 5.54. The van der Waals surface area contributed by atoms with Crippen molar-refractivity contribution in [3.05, 3.63) is 88.1 Å². The molecule has 0 radical (unpaired) electrons. The monoisotopic (exact) mass is 662 g/mol. The van der Waals surface area contributed by atoms with Crippen molar-refractivity contribution in [2.24, 2.45) is 0 Å². The first-order valence-electron chi connectivity index (χ1n) is 11.2. The van der Waals surface area contributed by atoms with Gasteiger partial charge in [-0.2, -0.15) is 12.8 Å². The fourth-order valence-electron chi connectivity index (χ4n) is 3.89. The summed E-state index contributed by atoms with van der Waals surface area (Å²) in [6.07, 6.45) is 7.23. The summed E-state index contributed by atoms with van der Waals surface area (Å²) < 4.78 is 31.3. The number of aromatic nitrogens is 5. The van der Waals surface area contributed by atoms with Crippen molar-refractivity contribution in [1.82, 2.24) is 24.5 Å². The molecule has 204 valence electrons. The number of hydrogen-bond acceptors (Lipinski definition) is 9. The maximum absolute atomic E-state index is 14.2. The van der Waals surface area contributed by atoms with Crippen molar-refractivity contribution in [2.45, 2.75) is 4.90 Å². The summed E-state index contributed by atoms with van der Waals surface area (Å²) in [7, 11) is -4.52. The van der Waals surface area contributed by atoms with Crippen LogP contribution in [0.1, 0.15) is 0 Å². The molecule has 0 amide bonds. The third kappa shape index (κ3) is 5.51. The van der Waals surface area contributed by atoms with Crippen LogP contribution < -0.4 is 15.2 Å². The zero-order valence-corrected chi connectivity index (χ0v) is 24.0. The number of fused-ring (bicyclic) bond motifs is 1. The van der Waals surface area contributed by atoms with Gasteiger partial charge < -0.3 is 10.8 Å². The predicted molar refractivity (Wildman–Crippen MR) is 154 cm³/mol. The Bertz CT molecular complexity index is 1820. The quantitative estimate of drug-likeness (QED) is 0.225. The molecule has 16 heteroatoms. The second kappa shape index (κ2) is 10.9. The van der Waals surface area contributed by atoms with E-state index in [2.05, 4.69) is 35.9 Å². The first-order valence-corrected chi connectivity index (χ1v) is 14.2. The lowest BCUT2D eigenvalue weighted by Gasteiger charge is -2.35. The number of nitrogens with zero attached hydrogens (tertiary/aromatic N) is 7. The lowest BCUT2D eigenvalue weighted by molar-refractivity contribution is -0.135. The number of nitrogen functional groups attached to an aromatic ring is 1. The molecule has 0 spiro atoms. The van der Waals surface area contributed by atoms with Crippen molar-refractivity contribution >= 4 is 83.4 Å². The fourth-order valence-corrected chi connectivity index (χ4v) is 6.30. The van der Waals surface area contributed by atoms with Gasteiger partial charge in [-0.3, -0.25) is 9.36 Å². The van der Waals surface area contributed by atoms with E-state index in [4.69, 9.17) is 28.9 Å². The second-order valence-electron chi connectivity index (χ2n) is 8.23. The lowest BCUT2D eigenvalue weighted by atomic mass is 10.2. The highest BCUT2D eigenvalue weighted by molar-refractivity contribution is 9.10. The second-order valence-corrected chi connectivity index (χ2v) is 11.7. The SMILES string of the molecule is Nc1cnc(-n2ccc3cc(N(N(CC(=O)O)c4cnc(Br)cn4)S(=O)(=O)c4cc(Cl)cc(Cl)c4)ccc32)cn1. The average molecular weight is 664 g/mol. The van der Waals surface area contributed by atoms with Crippen molar-refractivity contribution in [1.29, 1.82) is 0 Å². The number of sulfonamides is 1. The highest BCUT2D eigenvalue weighted by Gasteiger charge is 2.34. The smallest absolute Gasteiger partial charge is 0.325 e. The number of hydrazine groups is 1. The first kappa shape index (κ1) is 27.6. The first-order chi connectivity index (χ1) is 19.0. The number of carboxylic acid groups (broad SMARTS) is 1. The molecule has 0 saturated heterocycles. The summed E-state index contributed by atoms with van der Waals surface area (Å²) >= 11 is 15.4. The number of anilines is 3. The van der Waals surface area contributed by atoms with E-state index in [9.17, 15) is 18.3 Å². The lowest BCUT2D eigenvalue weighted by Crippen LogP contribution is -2.50. The maximum Gasteiger partial charge on any atom is 0.325 e. The van der Waals surface area contributed by atoms with Crippen molar-refractivity contribution in [3.63, 3.8) is 0 Å². The molecule has 5 rings (SSSR count). The van der Waals surface area contributed by atoms with Crippen LogP contribution in [0.25, 0.3) is 16.7 Å². The van der Waals surface area contributed by atoms with E-state index in [1.165, 1.54) is 49.1 Å². The Kier molecular flexibility index (Phi) is 7.51. The number of nitrogens with two attached hydrogens (primary N) is 1. The minimum absolute atomic E-state index is 0.0443. The van der Waals surface area contributed by atoms with Gasteiger partial charge in [0.05, 0.1) is 40.9 Å². The van der Waals surface area contributed by atoms with Gasteiger partial charge >= 0.3 is 5.97 Å². The van der Waals surface area contributed by atoms with Gasteiger partial charge in [0.25, 0.3) is 10.0 Å². The fraction of sp³-hybridized carbons (Fsp3) is 0.0417. The van der Waals surface area contributed by atoms with Crippen molar-refractivity contribution in [2.75, 3.05) is 21.7 Å². The Balaban J connectivity index is 1.71. The minimum atomic E-state index is -4.52. The molecule has 2 aromatic carbocycles. The number of benzene rings is 2. The van der Waals surface area contributed by atoms with Gasteiger partial charge in [0, 0.05) is 21.6 Å². The largest absolute Gasteiger partial charge is 0.480 e. The summed E-state index contributed by atoms with van der Waals surface area (Å²) in [5.41, 5.74) is 6.44. The number of hydrogen-bond donors (Lipinski definition) is 2. The predicted octanol–water partition coefficient (Wildman–Crippen LogP) is 4.56. The minimum Gasteiger partial charge on any atom is -0.480 e.